The molecule has 19 heavy (non-hydrogen) atoms. The lowest BCUT2D eigenvalue weighted by Gasteiger charge is -2.15. The van der Waals surface area contributed by atoms with E-state index in [0.29, 0.717) is 4.90 Å². The zero-order valence-corrected chi connectivity index (χ0v) is 10.8. The third-order valence-corrected chi connectivity index (χ3v) is 3.95. The van der Waals surface area contributed by atoms with Crippen molar-refractivity contribution in [1.29, 1.82) is 0 Å². The minimum atomic E-state index is -0.620. The van der Waals surface area contributed by atoms with Crippen LogP contribution in [0.4, 0.5) is 13.2 Å². The van der Waals surface area contributed by atoms with Gasteiger partial charge in [-0.2, -0.15) is 0 Å². The van der Waals surface area contributed by atoms with Crippen LogP contribution in [0.1, 0.15) is 10.8 Å². The lowest BCUT2D eigenvalue weighted by molar-refractivity contribution is 0.565. The van der Waals surface area contributed by atoms with E-state index in [0.717, 1.165) is 11.6 Å². The highest BCUT2D eigenvalue weighted by molar-refractivity contribution is 7.99. The van der Waals surface area contributed by atoms with Gasteiger partial charge in [0.25, 0.3) is 0 Å². The molecule has 0 aromatic heterocycles. The van der Waals surface area contributed by atoms with Gasteiger partial charge in [0.2, 0.25) is 0 Å². The van der Waals surface area contributed by atoms with Gasteiger partial charge in [0.15, 0.2) is 0 Å². The molecule has 0 heterocycles. The minimum Gasteiger partial charge on any atom is -0.329 e. The van der Waals surface area contributed by atoms with Gasteiger partial charge in [0.1, 0.15) is 17.5 Å². The molecule has 0 radical (unpaired) electrons. The molecule has 0 saturated heterocycles. The Hall–Kier alpha value is -1.46. The highest BCUT2D eigenvalue weighted by atomic mass is 32.2. The molecule has 100 valence electrons. The molecule has 0 aliphatic heterocycles. The maximum absolute atomic E-state index is 13.6. The molecule has 0 aliphatic rings. The number of nitrogens with two attached hydrogens (primary N) is 1. The van der Waals surface area contributed by atoms with Crippen molar-refractivity contribution in [2.75, 3.05) is 6.54 Å². The van der Waals surface area contributed by atoms with E-state index < -0.39 is 11.6 Å². The van der Waals surface area contributed by atoms with Crippen LogP contribution in [0.5, 0.6) is 0 Å². The number of thioether (sulfide) groups is 1. The van der Waals surface area contributed by atoms with Crippen molar-refractivity contribution >= 4 is 11.8 Å². The quantitative estimate of drug-likeness (QED) is 0.861. The van der Waals surface area contributed by atoms with E-state index in [1.165, 1.54) is 36.0 Å². The molecule has 2 aromatic carbocycles. The van der Waals surface area contributed by atoms with Crippen LogP contribution < -0.4 is 5.73 Å². The van der Waals surface area contributed by atoms with E-state index in [4.69, 9.17) is 5.73 Å². The van der Waals surface area contributed by atoms with E-state index in [1.807, 2.05) is 0 Å². The number of benzene rings is 2. The average molecular weight is 283 g/mol. The van der Waals surface area contributed by atoms with Crippen LogP contribution in [0.15, 0.2) is 47.4 Å². The first-order chi connectivity index (χ1) is 9.10. The van der Waals surface area contributed by atoms with Crippen molar-refractivity contribution < 1.29 is 13.2 Å². The number of rotatable bonds is 4. The SMILES string of the molecule is NCC(Sc1ccc(F)cc1F)c1ccc(F)cc1. The number of hydrogen-bond donors (Lipinski definition) is 1. The van der Waals surface area contributed by atoms with Crippen LogP contribution in [0.25, 0.3) is 0 Å². The monoisotopic (exact) mass is 283 g/mol. The summed E-state index contributed by atoms with van der Waals surface area (Å²) < 4.78 is 39.2. The summed E-state index contributed by atoms with van der Waals surface area (Å²) in [5.41, 5.74) is 6.46. The zero-order valence-electron chi connectivity index (χ0n) is 9.95. The van der Waals surface area contributed by atoms with Crippen LogP contribution in [0.2, 0.25) is 0 Å². The van der Waals surface area contributed by atoms with Crippen molar-refractivity contribution in [2.45, 2.75) is 10.1 Å². The number of hydrogen-bond acceptors (Lipinski definition) is 2. The van der Waals surface area contributed by atoms with Gasteiger partial charge in [-0.05, 0) is 29.8 Å². The summed E-state index contributed by atoms with van der Waals surface area (Å²) in [6.45, 7) is 0.271. The van der Waals surface area contributed by atoms with Crippen molar-refractivity contribution in [3.8, 4) is 0 Å². The Labute approximate surface area is 113 Å². The highest BCUT2D eigenvalue weighted by Gasteiger charge is 2.14. The summed E-state index contributed by atoms with van der Waals surface area (Å²) in [5.74, 6) is -1.57. The Bertz CT molecular complexity index is 557. The molecule has 0 fully saturated rings. The van der Waals surface area contributed by atoms with Crippen molar-refractivity contribution in [2.24, 2.45) is 5.73 Å². The second kappa shape index (κ2) is 6.12. The molecule has 2 aromatic rings. The third-order valence-electron chi connectivity index (χ3n) is 2.62. The molecule has 1 atom stereocenters. The Morgan fingerprint density at radius 2 is 1.58 bits per heavy atom. The molecule has 1 nitrogen and oxygen atoms in total. The summed E-state index contributed by atoms with van der Waals surface area (Å²) in [6.07, 6.45) is 0. The van der Waals surface area contributed by atoms with E-state index in [-0.39, 0.29) is 17.6 Å². The summed E-state index contributed by atoms with van der Waals surface area (Å²) in [4.78, 5) is 0.321. The Morgan fingerprint density at radius 3 is 2.16 bits per heavy atom. The normalized spacial score (nSPS) is 12.4. The molecule has 2 rings (SSSR count). The molecule has 0 bridgehead atoms. The summed E-state index contributed by atoms with van der Waals surface area (Å²) in [7, 11) is 0. The fraction of sp³-hybridized carbons (Fsp3) is 0.143. The molecule has 1 unspecified atom stereocenters. The van der Waals surface area contributed by atoms with Crippen molar-refractivity contribution in [3.63, 3.8) is 0 Å². The number of halogens is 3. The van der Waals surface area contributed by atoms with Gasteiger partial charge in [-0.1, -0.05) is 12.1 Å². The van der Waals surface area contributed by atoms with Crippen molar-refractivity contribution in [1.82, 2.24) is 0 Å². The highest BCUT2D eigenvalue weighted by Crippen LogP contribution is 2.35. The van der Waals surface area contributed by atoms with Gasteiger partial charge >= 0.3 is 0 Å². The lowest BCUT2D eigenvalue weighted by Crippen LogP contribution is -2.09. The van der Waals surface area contributed by atoms with E-state index in [9.17, 15) is 13.2 Å². The molecule has 2 N–H and O–H groups in total. The Kier molecular flexibility index (Phi) is 4.50. The van der Waals surface area contributed by atoms with Crippen LogP contribution in [0, 0.1) is 17.5 Å². The second-order valence-electron chi connectivity index (χ2n) is 3.97. The van der Waals surface area contributed by atoms with Crippen LogP contribution in [-0.2, 0) is 0 Å². The van der Waals surface area contributed by atoms with Gasteiger partial charge in [0, 0.05) is 22.8 Å². The Morgan fingerprint density at radius 1 is 0.947 bits per heavy atom. The predicted molar refractivity (Wildman–Crippen MR) is 70.4 cm³/mol. The maximum atomic E-state index is 13.6. The zero-order chi connectivity index (χ0) is 13.8. The average Bonchev–Trinajstić information content (AvgIpc) is 2.39. The molecule has 0 amide bonds. The first kappa shape index (κ1) is 14.0. The fourth-order valence-corrected chi connectivity index (χ4v) is 2.67. The van der Waals surface area contributed by atoms with Gasteiger partial charge < -0.3 is 5.73 Å². The van der Waals surface area contributed by atoms with E-state index >= 15 is 0 Å². The molecule has 5 heteroatoms. The summed E-state index contributed by atoms with van der Waals surface area (Å²) in [6, 6.07) is 9.30. The van der Waals surface area contributed by atoms with E-state index in [2.05, 4.69) is 0 Å². The third kappa shape index (κ3) is 3.52. The molecular weight excluding hydrogens is 271 g/mol. The maximum Gasteiger partial charge on any atom is 0.139 e. The lowest BCUT2D eigenvalue weighted by atomic mass is 10.1. The van der Waals surface area contributed by atoms with Gasteiger partial charge in [-0.25, -0.2) is 13.2 Å². The van der Waals surface area contributed by atoms with Gasteiger partial charge in [-0.3, -0.25) is 0 Å². The fourth-order valence-electron chi connectivity index (χ4n) is 1.65. The summed E-state index contributed by atoms with van der Waals surface area (Å²) in [5, 5.41) is -0.208. The van der Waals surface area contributed by atoms with Gasteiger partial charge in [-0.15, -0.1) is 11.8 Å². The Balaban J connectivity index is 2.21. The smallest absolute Gasteiger partial charge is 0.139 e. The molecule has 0 aliphatic carbocycles. The largest absolute Gasteiger partial charge is 0.329 e. The van der Waals surface area contributed by atoms with Crippen LogP contribution in [0.3, 0.4) is 0 Å². The predicted octanol–water partition coefficient (Wildman–Crippen LogP) is 3.90. The standard InChI is InChI=1S/C14H12F3NS/c15-10-3-1-9(2-4-10)14(8-18)19-13-6-5-11(16)7-12(13)17/h1-7,14H,8,18H2. The summed E-state index contributed by atoms with van der Waals surface area (Å²) >= 11 is 1.19. The van der Waals surface area contributed by atoms with Crippen molar-refractivity contribution in [3.05, 3.63) is 65.5 Å². The molecule has 0 spiro atoms. The first-order valence-corrected chi connectivity index (χ1v) is 6.55. The topological polar surface area (TPSA) is 26.0 Å². The second-order valence-corrected chi connectivity index (χ2v) is 5.21. The molecular formula is C14H12F3NS. The first-order valence-electron chi connectivity index (χ1n) is 5.67. The van der Waals surface area contributed by atoms with Crippen LogP contribution >= 0.6 is 11.8 Å². The van der Waals surface area contributed by atoms with Crippen LogP contribution in [-0.4, -0.2) is 6.54 Å². The van der Waals surface area contributed by atoms with Gasteiger partial charge in [0.05, 0.1) is 0 Å². The molecule has 0 saturated carbocycles. The minimum absolute atomic E-state index is 0.208. The van der Waals surface area contributed by atoms with E-state index in [1.54, 1.807) is 12.1 Å².